The van der Waals surface area contributed by atoms with Gasteiger partial charge in [0.05, 0.1) is 0 Å². The molecule has 1 aromatic rings. The number of nitrogens with one attached hydrogen (secondary N) is 2. The van der Waals surface area contributed by atoms with E-state index in [-0.39, 0.29) is 16.9 Å². The van der Waals surface area contributed by atoms with E-state index in [1.807, 2.05) is 32.9 Å². The van der Waals surface area contributed by atoms with E-state index in [4.69, 9.17) is 23.8 Å². The van der Waals surface area contributed by atoms with E-state index in [9.17, 15) is 4.79 Å². The van der Waals surface area contributed by atoms with E-state index in [2.05, 4.69) is 10.6 Å². The standard InChI is InChI=1S/C12H15ClN2OS/c1-7(2)11(16)15-12(17)14-10-6-4-5-9(13)8(10)3/h4-7H,1-3H3,(H2,14,15,16,17). The van der Waals surface area contributed by atoms with E-state index in [1.165, 1.54) is 0 Å². The Labute approximate surface area is 112 Å². The zero-order valence-electron chi connectivity index (χ0n) is 10.0. The molecule has 1 amide bonds. The number of hydrogen-bond acceptors (Lipinski definition) is 2. The lowest BCUT2D eigenvalue weighted by atomic mass is 10.2. The predicted octanol–water partition coefficient (Wildman–Crippen LogP) is 3.12. The lowest BCUT2D eigenvalue weighted by Gasteiger charge is -2.13. The maximum Gasteiger partial charge on any atom is 0.228 e. The number of benzene rings is 1. The predicted molar refractivity (Wildman–Crippen MR) is 75.4 cm³/mol. The maximum absolute atomic E-state index is 11.4. The molecule has 1 aromatic carbocycles. The molecule has 0 aliphatic rings. The highest BCUT2D eigenvalue weighted by Gasteiger charge is 2.10. The highest BCUT2D eigenvalue weighted by molar-refractivity contribution is 7.80. The van der Waals surface area contributed by atoms with E-state index < -0.39 is 0 Å². The minimum atomic E-state index is -0.109. The second-order valence-electron chi connectivity index (χ2n) is 4.01. The largest absolute Gasteiger partial charge is 0.332 e. The summed E-state index contributed by atoms with van der Waals surface area (Å²) in [7, 11) is 0. The highest BCUT2D eigenvalue weighted by atomic mass is 35.5. The summed E-state index contributed by atoms with van der Waals surface area (Å²) in [6, 6.07) is 5.48. The summed E-state index contributed by atoms with van der Waals surface area (Å²) in [5.74, 6) is -0.211. The number of thiocarbonyl (C=S) groups is 1. The fourth-order valence-electron chi connectivity index (χ4n) is 1.15. The molecule has 0 saturated heterocycles. The molecule has 0 bridgehead atoms. The van der Waals surface area contributed by atoms with Crippen LogP contribution < -0.4 is 10.6 Å². The van der Waals surface area contributed by atoms with Crippen LogP contribution in [-0.4, -0.2) is 11.0 Å². The summed E-state index contributed by atoms with van der Waals surface area (Å²) in [5.41, 5.74) is 1.70. The van der Waals surface area contributed by atoms with E-state index in [0.29, 0.717) is 5.02 Å². The number of halogens is 1. The molecule has 0 aliphatic carbocycles. The number of rotatable bonds is 2. The molecule has 1 rings (SSSR count). The second-order valence-corrected chi connectivity index (χ2v) is 4.83. The topological polar surface area (TPSA) is 41.1 Å². The fourth-order valence-corrected chi connectivity index (χ4v) is 1.54. The van der Waals surface area contributed by atoms with Crippen LogP contribution in [0.2, 0.25) is 5.02 Å². The van der Waals surface area contributed by atoms with Gasteiger partial charge in [0, 0.05) is 16.6 Å². The van der Waals surface area contributed by atoms with Crippen LogP contribution in [0.1, 0.15) is 19.4 Å². The first kappa shape index (κ1) is 13.9. The molecule has 0 saturated carbocycles. The van der Waals surface area contributed by atoms with Crippen LogP contribution in [0.4, 0.5) is 5.69 Å². The molecule has 0 atom stereocenters. The van der Waals surface area contributed by atoms with Crippen LogP contribution in [0.15, 0.2) is 18.2 Å². The monoisotopic (exact) mass is 270 g/mol. The van der Waals surface area contributed by atoms with Gasteiger partial charge in [-0.05, 0) is 36.8 Å². The number of amides is 1. The van der Waals surface area contributed by atoms with Crippen LogP contribution in [0, 0.1) is 12.8 Å². The normalized spacial score (nSPS) is 10.2. The van der Waals surface area contributed by atoms with Crippen molar-refractivity contribution in [2.45, 2.75) is 20.8 Å². The fraction of sp³-hybridized carbons (Fsp3) is 0.333. The number of anilines is 1. The van der Waals surface area contributed by atoms with Gasteiger partial charge in [-0.3, -0.25) is 4.79 Å². The van der Waals surface area contributed by atoms with Gasteiger partial charge in [0.25, 0.3) is 0 Å². The van der Waals surface area contributed by atoms with Gasteiger partial charge in [-0.25, -0.2) is 0 Å². The van der Waals surface area contributed by atoms with Crippen molar-refractivity contribution < 1.29 is 4.79 Å². The molecule has 0 heterocycles. The summed E-state index contributed by atoms with van der Waals surface area (Å²) in [4.78, 5) is 11.4. The number of carbonyl (C=O) groups excluding carboxylic acids is 1. The molecule has 0 aliphatic heterocycles. The van der Waals surface area contributed by atoms with Gasteiger partial charge in [0.15, 0.2) is 5.11 Å². The molecule has 0 radical (unpaired) electrons. The van der Waals surface area contributed by atoms with Crippen molar-refractivity contribution in [2.75, 3.05) is 5.32 Å². The average molecular weight is 271 g/mol. The second kappa shape index (κ2) is 5.98. The van der Waals surface area contributed by atoms with Crippen molar-refractivity contribution in [2.24, 2.45) is 5.92 Å². The van der Waals surface area contributed by atoms with E-state index >= 15 is 0 Å². The quantitative estimate of drug-likeness (QED) is 0.812. The molecular weight excluding hydrogens is 256 g/mol. The molecule has 0 unspecified atom stereocenters. The number of carbonyl (C=O) groups is 1. The first-order valence-electron chi connectivity index (χ1n) is 5.28. The zero-order valence-corrected chi connectivity index (χ0v) is 11.6. The minimum absolute atomic E-state index is 0.102. The van der Waals surface area contributed by atoms with Gasteiger partial charge < -0.3 is 10.6 Å². The van der Waals surface area contributed by atoms with Crippen molar-refractivity contribution in [3.8, 4) is 0 Å². The third-order valence-corrected chi connectivity index (χ3v) is 2.89. The summed E-state index contributed by atoms with van der Waals surface area (Å²) in [6.45, 7) is 5.50. The van der Waals surface area contributed by atoms with Gasteiger partial charge in [0.2, 0.25) is 5.91 Å². The maximum atomic E-state index is 11.4. The Balaban J connectivity index is 2.69. The molecule has 17 heavy (non-hydrogen) atoms. The minimum Gasteiger partial charge on any atom is -0.332 e. The first-order valence-corrected chi connectivity index (χ1v) is 6.07. The zero-order chi connectivity index (χ0) is 13.0. The van der Waals surface area contributed by atoms with E-state index in [0.717, 1.165) is 11.3 Å². The van der Waals surface area contributed by atoms with Gasteiger partial charge >= 0.3 is 0 Å². The molecule has 92 valence electrons. The van der Waals surface area contributed by atoms with Gasteiger partial charge in [-0.15, -0.1) is 0 Å². The smallest absolute Gasteiger partial charge is 0.228 e. The Morgan fingerprint density at radius 1 is 1.41 bits per heavy atom. The molecular formula is C12H15ClN2OS. The first-order chi connectivity index (χ1) is 7.91. The lowest BCUT2D eigenvalue weighted by Crippen LogP contribution is -2.36. The van der Waals surface area contributed by atoms with Gasteiger partial charge in [-0.2, -0.15) is 0 Å². The van der Waals surface area contributed by atoms with Crippen LogP contribution in [0.5, 0.6) is 0 Å². The van der Waals surface area contributed by atoms with Gasteiger partial charge in [0.1, 0.15) is 0 Å². The Kier molecular flexibility index (Phi) is 4.90. The average Bonchev–Trinajstić information content (AvgIpc) is 2.24. The van der Waals surface area contributed by atoms with E-state index in [1.54, 1.807) is 6.07 Å². The van der Waals surface area contributed by atoms with Crippen LogP contribution in [0.25, 0.3) is 0 Å². The van der Waals surface area contributed by atoms with Crippen molar-refractivity contribution in [1.29, 1.82) is 0 Å². The summed E-state index contributed by atoms with van der Waals surface area (Å²) in [6.07, 6.45) is 0. The third kappa shape index (κ3) is 3.98. The molecule has 0 aromatic heterocycles. The van der Waals surface area contributed by atoms with Gasteiger partial charge in [-0.1, -0.05) is 31.5 Å². The summed E-state index contributed by atoms with van der Waals surface area (Å²) >= 11 is 11.0. The van der Waals surface area contributed by atoms with Crippen molar-refractivity contribution in [1.82, 2.24) is 5.32 Å². The Hall–Kier alpha value is -1.13. The molecule has 0 fully saturated rings. The van der Waals surface area contributed by atoms with Crippen molar-refractivity contribution in [3.05, 3.63) is 28.8 Å². The third-order valence-electron chi connectivity index (χ3n) is 2.28. The summed E-state index contributed by atoms with van der Waals surface area (Å²) < 4.78 is 0. The lowest BCUT2D eigenvalue weighted by molar-refractivity contribution is -0.122. The SMILES string of the molecule is Cc1c(Cl)cccc1NC(=S)NC(=O)C(C)C. The van der Waals surface area contributed by atoms with Crippen LogP contribution >= 0.6 is 23.8 Å². The van der Waals surface area contributed by atoms with Crippen LogP contribution in [0.3, 0.4) is 0 Å². The van der Waals surface area contributed by atoms with Crippen LogP contribution in [-0.2, 0) is 4.79 Å². The molecule has 0 spiro atoms. The Morgan fingerprint density at radius 2 is 2.06 bits per heavy atom. The number of hydrogen-bond donors (Lipinski definition) is 2. The molecule has 3 nitrogen and oxygen atoms in total. The highest BCUT2D eigenvalue weighted by Crippen LogP contribution is 2.22. The van der Waals surface area contributed by atoms with Crippen molar-refractivity contribution >= 4 is 40.5 Å². The Bertz CT molecular complexity index is 446. The Morgan fingerprint density at radius 3 is 2.65 bits per heavy atom. The molecule has 5 heteroatoms. The molecule has 2 N–H and O–H groups in total. The van der Waals surface area contributed by atoms with Crippen molar-refractivity contribution in [3.63, 3.8) is 0 Å². The summed E-state index contributed by atoms with van der Waals surface area (Å²) in [5, 5.41) is 6.51.